The molecule has 1 aromatic rings. The van der Waals surface area contributed by atoms with Crippen molar-refractivity contribution >= 4 is 30.2 Å². The highest BCUT2D eigenvalue weighted by Gasteiger charge is 2.14. The normalized spacial score (nSPS) is 11.7. The molecule has 0 saturated carbocycles. The van der Waals surface area contributed by atoms with Crippen LogP contribution in [0.15, 0.2) is 47.0 Å². The highest BCUT2D eigenvalue weighted by Crippen LogP contribution is 2.17. The second-order valence-corrected chi connectivity index (χ2v) is 5.48. The van der Waals surface area contributed by atoms with Crippen molar-refractivity contribution in [1.82, 2.24) is 5.32 Å². The number of ether oxygens (including phenoxy) is 2. The number of nitrogens with one attached hydrogen (secondary N) is 1. The molecule has 0 spiro atoms. The summed E-state index contributed by atoms with van der Waals surface area (Å²) in [5, 5.41) is 13.1. The van der Waals surface area contributed by atoms with Crippen LogP contribution in [0.25, 0.3) is 0 Å². The van der Waals surface area contributed by atoms with Crippen LogP contribution in [0.3, 0.4) is 0 Å². The Morgan fingerprint density at radius 2 is 1.96 bits per heavy atom. The number of esters is 1. The van der Waals surface area contributed by atoms with E-state index >= 15 is 0 Å². The van der Waals surface area contributed by atoms with Gasteiger partial charge in [0.05, 0.1) is 22.6 Å². The van der Waals surface area contributed by atoms with E-state index in [9.17, 15) is 19.7 Å². The van der Waals surface area contributed by atoms with Gasteiger partial charge in [-0.05, 0) is 24.6 Å². The van der Waals surface area contributed by atoms with Crippen molar-refractivity contribution < 1.29 is 24.0 Å². The Bertz CT molecular complexity index is 712. The molecule has 1 rings (SSSR count). The minimum absolute atomic E-state index is 0.0431. The minimum atomic E-state index is -0.626. The molecule has 26 heavy (non-hydrogen) atoms. The summed E-state index contributed by atoms with van der Waals surface area (Å²) in [7, 11) is 1.23. The first-order valence-corrected chi connectivity index (χ1v) is 8.19. The van der Waals surface area contributed by atoms with Crippen LogP contribution in [0.4, 0.5) is 5.69 Å². The van der Waals surface area contributed by atoms with Crippen molar-refractivity contribution in [2.24, 2.45) is 0 Å². The lowest BCUT2D eigenvalue weighted by atomic mass is 10.2. The van der Waals surface area contributed by atoms with Crippen molar-refractivity contribution in [3.8, 4) is 5.75 Å². The maximum atomic E-state index is 11.9. The van der Waals surface area contributed by atoms with Gasteiger partial charge in [0, 0.05) is 12.1 Å². The third kappa shape index (κ3) is 6.98. The summed E-state index contributed by atoms with van der Waals surface area (Å²) < 4.78 is 9.91. The fourth-order valence-corrected chi connectivity index (χ4v) is 2.06. The standard InChI is InChI=1S/C17H20N2O6S/c1-3-4-5-6-14(17(21)24-2)16(26)18-15(20)11-25-13-9-7-12(8-10-13)19(22)23/h5-10,26H,3-4,11H2,1-2H3,(H,18,20)/b6-5+,16-14+. The molecule has 0 fully saturated rings. The summed E-state index contributed by atoms with van der Waals surface area (Å²) in [6.07, 6.45) is 4.98. The topological polar surface area (TPSA) is 108 Å². The van der Waals surface area contributed by atoms with Gasteiger partial charge in [0.1, 0.15) is 5.75 Å². The highest BCUT2D eigenvalue weighted by molar-refractivity contribution is 7.84. The number of amides is 1. The number of allylic oxidation sites excluding steroid dienone is 1. The number of thiol groups is 1. The molecule has 0 saturated heterocycles. The number of benzene rings is 1. The number of carbonyl (C=O) groups is 2. The largest absolute Gasteiger partial charge is 0.484 e. The molecular formula is C17H20N2O6S. The van der Waals surface area contributed by atoms with Gasteiger partial charge in [0.2, 0.25) is 0 Å². The number of hydrogen-bond acceptors (Lipinski definition) is 7. The van der Waals surface area contributed by atoms with Crippen LogP contribution in [0, 0.1) is 10.1 Å². The van der Waals surface area contributed by atoms with Crippen molar-refractivity contribution in [2.75, 3.05) is 13.7 Å². The third-order valence-electron chi connectivity index (χ3n) is 3.08. The first-order valence-electron chi connectivity index (χ1n) is 7.74. The highest BCUT2D eigenvalue weighted by atomic mass is 32.1. The lowest BCUT2D eigenvalue weighted by Gasteiger charge is -2.09. The van der Waals surface area contributed by atoms with Crippen LogP contribution >= 0.6 is 12.6 Å². The number of methoxy groups -OCH3 is 1. The smallest absolute Gasteiger partial charge is 0.340 e. The number of nitrogens with zero attached hydrogens (tertiary/aromatic N) is 1. The van der Waals surface area contributed by atoms with Crippen molar-refractivity contribution in [2.45, 2.75) is 19.8 Å². The van der Waals surface area contributed by atoms with E-state index in [2.05, 4.69) is 22.7 Å². The summed E-state index contributed by atoms with van der Waals surface area (Å²) in [4.78, 5) is 33.8. The maximum Gasteiger partial charge on any atom is 0.340 e. The molecule has 8 nitrogen and oxygen atoms in total. The van der Waals surface area contributed by atoms with E-state index in [1.165, 1.54) is 37.5 Å². The predicted octanol–water partition coefficient (Wildman–Crippen LogP) is 2.76. The monoisotopic (exact) mass is 380 g/mol. The Labute approximate surface area is 156 Å². The lowest BCUT2D eigenvalue weighted by Crippen LogP contribution is -2.28. The summed E-state index contributed by atoms with van der Waals surface area (Å²) in [6, 6.07) is 5.31. The van der Waals surface area contributed by atoms with Crippen LogP contribution < -0.4 is 10.1 Å². The molecule has 1 aromatic carbocycles. The number of non-ortho nitro benzene ring substituents is 1. The van der Waals surface area contributed by atoms with Crippen LogP contribution in [0.2, 0.25) is 0 Å². The Kier molecular flexibility index (Phi) is 8.93. The minimum Gasteiger partial charge on any atom is -0.484 e. The van der Waals surface area contributed by atoms with E-state index in [4.69, 9.17) is 4.74 Å². The zero-order valence-corrected chi connectivity index (χ0v) is 15.3. The second-order valence-electron chi connectivity index (χ2n) is 5.03. The fraction of sp³-hybridized carbons (Fsp3) is 0.294. The van der Waals surface area contributed by atoms with Gasteiger partial charge in [-0.1, -0.05) is 19.4 Å². The van der Waals surface area contributed by atoms with Gasteiger partial charge in [-0.3, -0.25) is 14.9 Å². The van der Waals surface area contributed by atoms with E-state index in [0.29, 0.717) is 5.75 Å². The summed E-state index contributed by atoms with van der Waals surface area (Å²) in [5.74, 6) is -0.871. The van der Waals surface area contributed by atoms with Gasteiger partial charge in [-0.2, -0.15) is 0 Å². The average molecular weight is 380 g/mol. The van der Waals surface area contributed by atoms with E-state index in [1.54, 1.807) is 6.08 Å². The fourth-order valence-electron chi connectivity index (χ4n) is 1.77. The molecule has 1 amide bonds. The molecule has 140 valence electrons. The van der Waals surface area contributed by atoms with Crippen LogP contribution in [0.5, 0.6) is 5.75 Å². The predicted molar refractivity (Wildman–Crippen MR) is 98.8 cm³/mol. The Morgan fingerprint density at radius 3 is 2.50 bits per heavy atom. The maximum absolute atomic E-state index is 11.9. The molecule has 9 heteroatoms. The third-order valence-corrected chi connectivity index (χ3v) is 3.43. The molecule has 1 N–H and O–H groups in total. The summed E-state index contributed by atoms with van der Waals surface area (Å²) >= 11 is 4.14. The Morgan fingerprint density at radius 1 is 1.31 bits per heavy atom. The van der Waals surface area contributed by atoms with E-state index in [-0.39, 0.29) is 22.9 Å². The first kappa shape index (κ1) is 21.2. The number of carbonyl (C=O) groups excluding carboxylic acids is 2. The van der Waals surface area contributed by atoms with Crippen molar-refractivity contribution in [3.05, 3.63) is 57.1 Å². The van der Waals surface area contributed by atoms with E-state index in [1.807, 2.05) is 6.92 Å². The van der Waals surface area contributed by atoms with Crippen molar-refractivity contribution in [1.29, 1.82) is 0 Å². The molecule has 0 unspecified atom stereocenters. The van der Waals surface area contributed by atoms with Crippen LogP contribution in [0.1, 0.15) is 19.8 Å². The molecule has 0 bridgehead atoms. The second kappa shape index (κ2) is 10.9. The molecular weight excluding hydrogens is 360 g/mol. The summed E-state index contributed by atoms with van der Waals surface area (Å²) in [5.41, 5.74) is 0.0388. The zero-order chi connectivity index (χ0) is 19.5. The zero-order valence-electron chi connectivity index (χ0n) is 14.4. The quantitative estimate of drug-likeness (QED) is 0.170. The first-order chi connectivity index (χ1) is 12.4. The molecule has 0 radical (unpaired) electrons. The van der Waals surface area contributed by atoms with Gasteiger partial charge in [0.15, 0.2) is 6.61 Å². The number of unbranched alkanes of at least 4 members (excludes halogenated alkanes) is 1. The van der Waals surface area contributed by atoms with Crippen LogP contribution in [-0.2, 0) is 14.3 Å². The Hall–Kier alpha value is -2.81. The van der Waals surface area contributed by atoms with E-state index < -0.39 is 16.8 Å². The average Bonchev–Trinajstić information content (AvgIpc) is 2.63. The number of rotatable bonds is 9. The van der Waals surface area contributed by atoms with Gasteiger partial charge < -0.3 is 14.8 Å². The molecule has 0 atom stereocenters. The lowest BCUT2D eigenvalue weighted by molar-refractivity contribution is -0.384. The number of nitro benzene ring substituents is 1. The number of nitro groups is 1. The van der Waals surface area contributed by atoms with Gasteiger partial charge in [-0.15, -0.1) is 12.6 Å². The van der Waals surface area contributed by atoms with Crippen molar-refractivity contribution in [3.63, 3.8) is 0 Å². The number of hydrogen-bond donors (Lipinski definition) is 2. The molecule has 0 heterocycles. The van der Waals surface area contributed by atoms with Gasteiger partial charge in [-0.25, -0.2) is 4.79 Å². The summed E-state index contributed by atoms with van der Waals surface area (Å²) in [6.45, 7) is 1.64. The van der Waals surface area contributed by atoms with Gasteiger partial charge >= 0.3 is 5.97 Å². The molecule has 0 aromatic heterocycles. The van der Waals surface area contributed by atoms with E-state index in [0.717, 1.165) is 12.8 Å². The molecule has 0 aliphatic heterocycles. The Balaban J connectivity index is 2.70. The molecule has 0 aliphatic rings. The van der Waals surface area contributed by atoms with Crippen LogP contribution in [-0.4, -0.2) is 30.5 Å². The molecule has 0 aliphatic carbocycles. The van der Waals surface area contributed by atoms with Gasteiger partial charge in [0.25, 0.3) is 11.6 Å². The SMILES string of the molecule is CCC/C=C/C(C(=O)OC)=C(\S)NC(=O)COc1ccc([N+](=O)[O-])cc1.